The molecule has 0 fully saturated rings. The number of hydrogen-bond acceptors (Lipinski definition) is 4. The van der Waals surface area contributed by atoms with Crippen LogP contribution < -0.4 is 0 Å². The molecule has 0 spiro atoms. The van der Waals surface area contributed by atoms with E-state index in [1.165, 1.54) is 4.90 Å². The summed E-state index contributed by atoms with van der Waals surface area (Å²) in [4.78, 5) is 27.7. The number of aromatic nitrogens is 2. The molecule has 2 amide bonds. The highest BCUT2D eigenvalue weighted by Gasteiger charge is 2.35. The molecule has 2 aromatic rings. The Hall–Kier alpha value is -2.47. The van der Waals surface area contributed by atoms with Crippen LogP contribution in [0.15, 0.2) is 36.5 Å². The minimum Gasteiger partial charge on any atom is -0.283 e. The van der Waals surface area contributed by atoms with Crippen LogP contribution in [-0.2, 0) is 13.6 Å². The van der Waals surface area contributed by atoms with E-state index in [1.807, 2.05) is 25.1 Å². The van der Waals surface area contributed by atoms with E-state index in [2.05, 4.69) is 5.10 Å². The Balaban J connectivity index is 1.73. The third kappa shape index (κ3) is 2.34. The quantitative estimate of drug-likeness (QED) is 0.789. The van der Waals surface area contributed by atoms with Crippen LogP contribution in [-0.4, -0.2) is 45.1 Å². The summed E-state index contributed by atoms with van der Waals surface area (Å²) in [6.07, 6.45) is 1.73. The molecule has 1 aliphatic heterocycles. The number of aryl methyl sites for hydroxylation is 1. The van der Waals surface area contributed by atoms with Gasteiger partial charge in [-0.2, -0.15) is 5.10 Å². The van der Waals surface area contributed by atoms with Crippen LogP contribution in [0, 0.1) is 0 Å². The van der Waals surface area contributed by atoms with Gasteiger partial charge in [0.05, 0.1) is 23.5 Å². The van der Waals surface area contributed by atoms with E-state index in [9.17, 15) is 9.59 Å². The Morgan fingerprint density at radius 3 is 2.24 bits per heavy atom. The first-order valence-electron chi connectivity index (χ1n) is 6.68. The van der Waals surface area contributed by atoms with E-state index in [1.54, 1.807) is 35.1 Å². The van der Waals surface area contributed by atoms with E-state index < -0.39 is 0 Å². The van der Waals surface area contributed by atoms with Gasteiger partial charge >= 0.3 is 0 Å². The zero-order chi connectivity index (χ0) is 15.0. The molecule has 0 saturated carbocycles. The highest BCUT2D eigenvalue weighted by atomic mass is 16.2. The van der Waals surface area contributed by atoms with Crippen molar-refractivity contribution in [3.8, 4) is 0 Å². The van der Waals surface area contributed by atoms with Crippen LogP contribution in [0.25, 0.3) is 0 Å². The largest absolute Gasteiger partial charge is 0.283 e. The van der Waals surface area contributed by atoms with Gasteiger partial charge in [0.25, 0.3) is 11.8 Å². The molecule has 0 aliphatic carbocycles. The van der Waals surface area contributed by atoms with E-state index >= 15 is 0 Å². The number of fused-ring (bicyclic) bond motifs is 1. The van der Waals surface area contributed by atoms with E-state index in [0.717, 1.165) is 5.69 Å². The van der Waals surface area contributed by atoms with Crippen LogP contribution >= 0.6 is 0 Å². The van der Waals surface area contributed by atoms with Gasteiger partial charge in [0, 0.05) is 19.8 Å². The average molecular weight is 284 g/mol. The molecule has 0 saturated heterocycles. The van der Waals surface area contributed by atoms with Crippen molar-refractivity contribution in [3.63, 3.8) is 0 Å². The molecule has 21 heavy (non-hydrogen) atoms. The molecule has 0 N–H and O–H groups in total. The zero-order valence-corrected chi connectivity index (χ0v) is 12.0. The zero-order valence-electron chi connectivity index (χ0n) is 12.0. The van der Waals surface area contributed by atoms with Gasteiger partial charge in [-0.1, -0.05) is 12.1 Å². The summed E-state index contributed by atoms with van der Waals surface area (Å²) < 4.78 is 1.78. The monoisotopic (exact) mass is 284 g/mol. The summed E-state index contributed by atoms with van der Waals surface area (Å²) in [5, 5.41) is 4.11. The van der Waals surface area contributed by atoms with Crippen molar-refractivity contribution in [1.29, 1.82) is 0 Å². The standard InChI is InChI=1S/C15H16N4O2/c1-17(9-11-7-8-16-18(11)2)10-19-14(20)12-5-3-4-6-13(12)15(19)21/h3-8H,9-10H2,1-2H3. The number of hydrogen-bond donors (Lipinski definition) is 0. The number of carbonyl (C=O) groups excluding carboxylic acids is 2. The lowest BCUT2D eigenvalue weighted by Crippen LogP contribution is -2.39. The van der Waals surface area contributed by atoms with E-state index in [-0.39, 0.29) is 18.5 Å². The first-order valence-corrected chi connectivity index (χ1v) is 6.68. The highest BCUT2D eigenvalue weighted by molar-refractivity contribution is 6.21. The highest BCUT2D eigenvalue weighted by Crippen LogP contribution is 2.22. The Morgan fingerprint density at radius 1 is 1.10 bits per heavy atom. The normalized spacial score (nSPS) is 14.1. The maximum atomic E-state index is 12.3. The number of carbonyl (C=O) groups is 2. The predicted molar refractivity (Wildman–Crippen MR) is 76.5 cm³/mol. The summed E-state index contributed by atoms with van der Waals surface area (Å²) in [6.45, 7) is 0.876. The molecule has 0 atom stereocenters. The van der Waals surface area contributed by atoms with Crippen LogP contribution in [0.5, 0.6) is 0 Å². The molecular weight excluding hydrogens is 268 g/mol. The van der Waals surface area contributed by atoms with Crippen LogP contribution in [0.1, 0.15) is 26.4 Å². The summed E-state index contributed by atoms with van der Waals surface area (Å²) >= 11 is 0. The van der Waals surface area contributed by atoms with Gasteiger partial charge in [0.1, 0.15) is 0 Å². The van der Waals surface area contributed by atoms with Gasteiger partial charge < -0.3 is 0 Å². The molecule has 6 heteroatoms. The van der Waals surface area contributed by atoms with Crippen molar-refractivity contribution < 1.29 is 9.59 Å². The Labute approximate surface area is 122 Å². The second-order valence-electron chi connectivity index (χ2n) is 5.19. The lowest BCUT2D eigenvalue weighted by Gasteiger charge is -2.22. The summed E-state index contributed by atoms with van der Waals surface area (Å²) in [5.74, 6) is -0.458. The second kappa shape index (κ2) is 5.14. The van der Waals surface area contributed by atoms with Gasteiger partial charge in [-0.3, -0.25) is 24.1 Å². The Bertz CT molecular complexity index is 672. The molecule has 1 aromatic carbocycles. The molecule has 1 aliphatic rings. The first kappa shape index (κ1) is 13.5. The summed E-state index contributed by atoms with van der Waals surface area (Å²) in [5.41, 5.74) is 1.99. The number of imide groups is 1. The molecule has 0 bridgehead atoms. The topological polar surface area (TPSA) is 58.4 Å². The number of rotatable bonds is 4. The van der Waals surface area contributed by atoms with Crippen LogP contribution in [0.4, 0.5) is 0 Å². The molecule has 0 radical (unpaired) electrons. The third-order valence-corrected chi connectivity index (χ3v) is 3.62. The molecule has 3 rings (SSSR count). The van der Waals surface area contributed by atoms with E-state index in [4.69, 9.17) is 0 Å². The van der Waals surface area contributed by atoms with Crippen LogP contribution in [0.2, 0.25) is 0 Å². The predicted octanol–water partition coefficient (Wildman–Crippen LogP) is 1.11. The fourth-order valence-electron chi connectivity index (χ4n) is 2.49. The average Bonchev–Trinajstić information content (AvgIpc) is 2.97. The van der Waals surface area contributed by atoms with Crippen molar-refractivity contribution in [1.82, 2.24) is 19.6 Å². The van der Waals surface area contributed by atoms with Gasteiger partial charge in [-0.15, -0.1) is 0 Å². The van der Waals surface area contributed by atoms with Crippen molar-refractivity contribution in [2.45, 2.75) is 6.54 Å². The van der Waals surface area contributed by atoms with Crippen molar-refractivity contribution in [3.05, 3.63) is 53.3 Å². The molecule has 2 heterocycles. The molecular formula is C15H16N4O2. The Kier molecular flexibility index (Phi) is 3.31. The van der Waals surface area contributed by atoms with E-state index in [0.29, 0.717) is 17.7 Å². The van der Waals surface area contributed by atoms with Crippen molar-refractivity contribution in [2.24, 2.45) is 7.05 Å². The minimum absolute atomic E-state index is 0.229. The number of benzene rings is 1. The lowest BCUT2D eigenvalue weighted by atomic mass is 10.1. The maximum absolute atomic E-state index is 12.3. The summed E-state index contributed by atoms with van der Waals surface area (Å²) in [6, 6.07) is 8.84. The number of amides is 2. The third-order valence-electron chi connectivity index (χ3n) is 3.62. The van der Waals surface area contributed by atoms with Crippen LogP contribution in [0.3, 0.4) is 0 Å². The van der Waals surface area contributed by atoms with Gasteiger partial charge in [-0.25, -0.2) is 0 Å². The Morgan fingerprint density at radius 2 is 1.71 bits per heavy atom. The summed E-state index contributed by atoms with van der Waals surface area (Å²) in [7, 11) is 3.74. The van der Waals surface area contributed by atoms with Gasteiger partial charge in [0.2, 0.25) is 0 Å². The SMILES string of the molecule is CN(Cc1ccnn1C)CN1C(=O)c2ccccc2C1=O. The first-order chi connectivity index (χ1) is 10.1. The van der Waals surface area contributed by atoms with Gasteiger partial charge in [0.15, 0.2) is 0 Å². The molecule has 1 aromatic heterocycles. The molecule has 108 valence electrons. The van der Waals surface area contributed by atoms with Gasteiger partial charge in [-0.05, 0) is 25.2 Å². The maximum Gasteiger partial charge on any atom is 0.262 e. The molecule has 6 nitrogen and oxygen atoms in total. The lowest BCUT2D eigenvalue weighted by molar-refractivity contribution is 0.0557. The fraction of sp³-hybridized carbons (Fsp3) is 0.267. The minimum atomic E-state index is -0.229. The number of nitrogens with zero attached hydrogens (tertiary/aromatic N) is 4. The fourth-order valence-corrected chi connectivity index (χ4v) is 2.49. The van der Waals surface area contributed by atoms with Crippen molar-refractivity contribution >= 4 is 11.8 Å². The van der Waals surface area contributed by atoms with Crippen molar-refractivity contribution in [2.75, 3.05) is 13.7 Å². The second-order valence-corrected chi connectivity index (χ2v) is 5.19. The smallest absolute Gasteiger partial charge is 0.262 e. The molecule has 0 unspecified atom stereocenters.